The Bertz CT molecular complexity index is 726. The van der Waals surface area contributed by atoms with Gasteiger partial charge in [-0.1, -0.05) is 29.5 Å². The van der Waals surface area contributed by atoms with Crippen molar-refractivity contribution in [3.8, 4) is 17.0 Å². The van der Waals surface area contributed by atoms with E-state index in [1.807, 2.05) is 24.3 Å². The molecule has 1 amide bonds. The Morgan fingerprint density at radius 3 is 3.22 bits per heavy atom. The quantitative estimate of drug-likeness (QED) is 0.649. The van der Waals surface area contributed by atoms with Gasteiger partial charge in [0.2, 0.25) is 0 Å². The molecule has 23 heavy (non-hydrogen) atoms. The van der Waals surface area contributed by atoms with Crippen molar-refractivity contribution in [1.82, 2.24) is 4.98 Å². The van der Waals surface area contributed by atoms with Crippen molar-refractivity contribution < 1.29 is 14.3 Å². The van der Waals surface area contributed by atoms with Crippen molar-refractivity contribution in [2.75, 3.05) is 11.9 Å². The van der Waals surface area contributed by atoms with Crippen LogP contribution in [0.2, 0.25) is 0 Å². The summed E-state index contributed by atoms with van der Waals surface area (Å²) in [4.78, 5) is 17.7. The number of benzene rings is 1. The minimum absolute atomic E-state index is 0.200. The third kappa shape index (κ3) is 3.43. The van der Waals surface area contributed by atoms with Gasteiger partial charge >= 0.3 is 0 Å². The number of thiazole rings is 1. The number of fused-ring (bicyclic) bond motifs is 3. The summed E-state index contributed by atoms with van der Waals surface area (Å²) in [6.07, 6.45) is 1.95. The second kappa shape index (κ2) is 6.93. The van der Waals surface area contributed by atoms with Crippen LogP contribution in [-0.4, -0.2) is 23.6 Å². The third-order valence-electron chi connectivity index (χ3n) is 3.49. The van der Waals surface area contributed by atoms with Crippen molar-refractivity contribution in [1.29, 1.82) is 0 Å². The molecular formula is C17H18N2O3S. The lowest BCUT2D eigenvalue weighted by molar-refractivity contribution is -0.126. The summed E-state index contributed by atoms with van der Waals surface area (Å²) in [5, 5.41) is 3.39. The van der Waals surface area contributed by atoms with Crippen LogP contribution in [0.25, 0.3) is 11.3 Å². The van der Waals surface area contributed by atoms with Crippen LogP contribution >= 0.6 is 11.3 Å². The zero-order valence-electron chi connectivity index (χ0n) is 12.9. The summed E-state index contributed by atoms with van der Waals surface area (Å²) in [6.45, 7) is 6.31. The van der Waals surface area contributed by atoms with Gasteiger partial charge in [0.1, 0.15) is 18.5 Å². The molecule has 0 fully saturated rings. The third-order valence-corrected chi connectivity index (χ3v) is 4.43. The monoisotopic (exact) mass is 330 g/mol. The Morgan fingerprint density at radius 1 is 1.57 bits per heavy atom. The number of nitrogens with one attached hydrogen (secondary N) is 1. The van der Waals surface area contributed by atoms with Crippen molar-refractivity contribution in [2.24, 2.45) is 0 Å². The zero-order valence-corrected chi connectivity index (χ0v) is 13.7. The molecule has 0 saturated carbocycles. The SMILES string of the molecule is C=CCCOC(C)C(=O)Nc1nc2c(s1)COc1ccccc1-2. The summed E-state index contributed by atoms with van der Waals surface area (Å²) in [5.74, 6) is 0.624. The van der Waals surface area contributed by atoms with Crippen LogP contribution in [0.5, 0.6) is 5.75 Å². The van der Waals surface area contributed by atoms with Gasteiger partial charge in [0.05, 0.1) is 17.2 Å². The van der Waals surface area contributed by atoms with E-state index in [2.05, 4.69) is 16.9 Å². The number of rotatable bonds is 6. The number of amides is 1. The van der Waals surface area contributed by atoms with Crippen LogP contribution in [0.4, 0.5) is 5.13 Å². The van der Waals surface area contributed by atoms with E-state index < -0.39 is 6.10 Å². The topological polar surface area (TPSA) is 60.5 Å². The van der Waals surface area contributed by atoms with Gasteiger partial charge in [0, 0.05) is 5.56 Å². The molecule has 2 heterocycles. The first-order valence-corrected chi connectivity index (χ1v) is 8.26. The lowest BCUT2D eigenvalue weighted by atomic mass is 10.1. The molecule has 0 aliphatic carbocycles. The molecule has 1 atom stereocenters. The molecule has 1 aliphatic rings. The van der Waals surface area contributed by atoms with Crippen LogP contribution in [-0.2, 0) is 16.1 Å². The summed E-state index contributed by atoms with van der Waals surface area (Å²) < 4.78 is 11.1. The second-order valence-electron chi connectivity index (χ2n) is 5.16. The van der Waals surface area contributed by atoms with Crippen molar-refractivity contribution >= 4 is 22.4 Å². The Labute approximate surface area is 139 Å². The summed E-state index contributed by atoms with van der Waals surface area (Å²) in [6, 6.07) is 7.77. The van der Waals surface area contributed by atoms with Crippen LogP contribution in [0.15, 0.2) is 36.9 Å². The van der Waals surface area contributed by atoms with E-state index in [9.17, 15) is 4.79 Å². The van der Waals surface area contributed by atoms with Gasteiger partial charge in [-0.15, -0.1) is 6.58 Å². The maximum atomic E-state index is 12.1. The molecule has 3 rings (SSSR count). The van der Waals surface area contributed by atoms with E-state index in [1.54, 1.807) is 13.0 Å². The molecule has 1 aromatic carbocycles. The van der Waals surface area contributed by atoms with E-state index in [4.69, 9.17) is 9.47 Å². The highest BCUT2D eigenvalue weighted by Gasteiger charge is 2.23. The lowest BCUT2D eigenvalue weighted by Crippen LogP contribution is -2.27. The summed E-state index contributed by atoms with van der Waals surface area (Å²) >= 11 is 1.43. The normalized spacial score (nSPS) is 13.4. The number of hydrogen-bond acceptors (Lipinski definition) is 5. The predicted octanol–water partition coefficient (Wildman–Crippen LogP) is 3.62. The summed E-state index contributed by atoms with van der Waals surface area (Å²) in [7, 11) is 0. The minimum atomic E-state index is -0.528. The fourth-order valence-corrected chi connectivity index (χ4v) is 3.15. The Kier molecular flexibility index (Phi) is 4.73. The number of nitrogens with zero attached hydrogens (tertiary/aromatic N) is 1. The molecule has 0 saturated heterocycles. The molecule has 1 N–H and O–H groups in total. The van der Waals surface area contributed by atoms with Gasteiger partial charge in [-0.25, -0.2) is 4.98 Å². The molecule has 1 aliphatic heterocycles. The fourth-order valence-electron chi connectivity index (χ4n) is 2.26. The van der Waals surface area contributed by atoms with Gasteiger partial charge in [0.15, 0.2) is 5.13 Å². The number of ether oxygens (including phenoxy) is 2. The van der Waals surface area contributed by atoms with Crippen LogP contribution in [0, 0.1) is 0 Å². The fraction of sp³-hybridized carbons (Fsp3) is 0.294. The van der Waals surface area contributed by atoms with Gasteiger partial charge in [-0.2, -0.15) is 0 Å². The molecule has 1 unspecified atom stereocenters. The van der Waals surface area contributed by atoms with E-state index in [1.165, 1.54) is 11.3 Å². The van der Waals surface area contributed by atoms with E-state index >= 15 is 0 Å². The molecule has 6 heteroatoms. The van der Waals surface area contributed by atoms with Gasteiger partial charge < -0.3 is 9.47 Å². The highest BCUT2D eigenvalue weighted by molar-refractivity contribution is 7.16. The van der Waals surface area contributed by atoms with E-state index in [0.29, 0.717) is 18.3 Å². The van der Waals surface area contributed by atoms with E-state index in [-0.39, 0.29) is 5.91 Å². The Hall–Kier alpha value is -2.18. The summed E-state index contributed by atoms with van der Waals surface area (Å²) in [5.41, 5.74) is 1.84. The van der Waals surface area contributed by atoms with Crippen LogP contribution < -0.4 is 10.1 Å². The average molecular weight is 330 g/mol. The number of aromatic nitrogens is 1. The van der Waals surface area contributed by atoms with Crippen LogP contribution in [0.1, 0.15) is 18.2 Å². The standard InChI is InChI=1S/C17H18N2O3S/c1-3-4-9-21-11(2)16(20)19-17-18-15-12-7-5-6-8-13(12)22-10-14(15)23-17/h3,5-8,11H,1,4,9-10H2,2H3,(H,18,19,20). The smallest absolute Gasteiger partial charge is 0.254 e. The van der Waals surface area contributed by atoms with E-state index in [0.717, 1.165) is 28.3 Å². The first-order valence-electron chi connectivity index (χ1n) is 7.44. The number of hydrogen-bond donors (Lipinski definition) is 1. The maximum Gasteiger partial charge on any atom is 0.254 e. The molecule has 0 bridgehead atoms. The average Bonchev–Trinajstić information content (AvgIpc) is 2.97. The number of carbonyl (C=O) groups is 1. The minimum Gasteiger partial charge on any atom is -0.487 e. The number of anilines is 1. The van der Waals surface area contributed by atoms with Crippen molar-refractivity contribution in [3.05, 3.63) is 41.8 Å². The highest BCUT2D eigenvalue weighted by atomic mass is 32.1. The lowest BCUT2D eigenvalue weighted by Gasteiger charge is -2.15. The number of carbonyl (C=O) groups excluding carboxylic acids is 1. The van der Waals surface area contributed by atoms with Gasteiger partial charge in [0.25, 0.3) is 5.91 Å². The largest absolute Gasteiger partial charge is 0.487 e. The second-order valence-corrected chi connectivity index (χ2v) is 6.24. The van der Waals surface area contributed by atoms with Crippen LogP contribution in [0.3, 0.4) is 0 Å². The molecule has 0 radical (unpaired) electrons. The predicted molar refractivity (Wildman–Crippen MR) is 90.7 cm³/mol. The maximum absolute atomic E-state index is 12.1. The first-order chi connectivity index (χ1) is 11.2. The molecule has 120 valence electrons. The van der Waals surface area contributed by atoms with Crippen molar-refractivity contribution in [2.45, 2.75) is 26.1 Å². The van der Waals surface area contributed by atoms with Gasteiger partial charge in [-0.3, -0.25) is 10.1 Å². The molecule has 2 aromatic rings. The van der Waals surface area contributed by atoms with Gasteiger partial charge in [-0.05, 0) is 25.5 Å². The highest BCUT2D eigenvalue weighted by Crippen LogP contribution is 2.40. The Morgan fingerprint density at radius 2 is 2.39 bits per heavy atom. The zero-order chi connectivity index (χ0) is 16.2. The molecule has 5 nitrogen and oxygen atoms in total. The number of para-hydroxylation sites is 1. The van der Waals surface area contributed by atoms with Crippen molar-refractivity contribution in [3.63, 3.8) is 0 Å². The molecule has 1 aromatic heterocycles. The Balaban J connectivity index is 1.71. The first kappa shape index (κ1) is 15.7. The molecule has 0 spiro atoms. The molecular weight excluding hydrogens is 312 g/mol.